The van der Waals surface area contributed by atoms with Crippen molar-refractivity contribution in [2.45, 2.75) is 6.92 Å². The molecular formula is C15H13Br2NO2. The van der Waals surface area contributed by atoms with Crippen LogP contribution in [0.15, 0.2) is 45.3 Å². The number of hydrogen-bond acceptors (Lipinski definition) is 2. The first kappa shape index (κ1) is 15.1. The monoisotopic (exact) mass is 397 g/mol. The Kier molecular flexibility index (Phi) is 4.83. The molecule has 1 amide bonds. The molecule has 5 heteroatoms. The quantitative estimate of drug-likeness (QED) is 0.807. The van der Waals surface area contributed by atoms with Crippen molar-refractivity contribution in [2.75, 3.05) is 12.4 Å². The maximum Gasteiger partial charge on any atom is 0.256 e. The van der Waals surface area contributed by atoms with E-state index < -0.39 is 0 Å². The molecule has 1 N–H and O–H groups in total. The lowest BCUT2D eigenvalue weighted by atomic mass is 10.1. The molecule has 0 spiro atoms. The van der Waals surface area contributed by atoms with Crippen molar-refractivity contribution >= 4 is 43.5 Å². The number of nitrogens with one attached hydrogen (secondary N) is 1. The minimum atomic E-state index is -0.175. The number of carbonyl (C=O) groups excluding carboxylic acids is 1. The minimum absolute atomic E-state index is 0.175. The van der Waals surface area contributed by atoms with Gasteiger partial charge in [0, 0.05) is 15.0 Å². The van der Waals surface area contributed by atoms with E-state index in [1.165, 1.54) is 0 Å². The molecule has 0 aliphatic heterocycles. The average molecular weight is 399 g/mol. The number of ether oxygens (including phenoxy) is 1. The van der Waals surface area contributed by atoms with Crippen LogP contribution < -0.4 is 10.1 Å². The molecule has 0 unspecified atom stereocenters. The van der Waals surface area contributed by atoms with E-state index in [1.54, 1.807) is 19.2 Å². The van der Waals surface area contributed by atoms with Gasteiger partial charge in [-0.3, -0.25) is 4.79 Å². The molecule has 20 heavy (non-hydrogen) atoms. The first-order chi connectivity index (χ1) is 9.51. The van der Waals surface area contributed by atoms with E-state index in [9.17, 15) is 4.79 Å². The standard InChI is InChI=1S/C15H13Br2NO2/c1-9-3-5-11(13(17)7-9)15(19)18-14-8-10(20-2)4-6-12(14)16/h3-8H,1-2H3,(H,18,19). The molecular weight excluding hydrogens is 386 g/mol. The molecule has 0 aliphatic rings. The topological polar surface area (TPSA) is 38.3 Å². The second kappa shape index (κ2) is 6.41. The smallest absolute Gasteiger partial charge is 0.256 e. The second-order valence-corrected chi connectivity index (χ2v) is 5.99. The summed E-state index contributed by atoms with van der Waals surface area (Å²) in [5, 5.41) is 2.87. The van der Waals surface area contributed by atoms with Gasteiger partial charge >= 0.3 is 0 Å². The number of hydrogen-bond donors (Lipinski definition) is 1. The highest BCUT2D eigenvalue weighted by Crippen LogP contribution is 2.28. The Morgan fingerprint density at radius 3 is 2.50 bits per heavy atom. The Bertz CT molecular complexity index is 656. The molecule has 0 bridgehead atoms. The molecule has 0 atom stereocenters. The van der Waals surface area contributed by atoms with E-state index >= 15 is 0 Å². The fourth-order valence-corrected chi connectivity index (χ4v) is 2.74. The van der Waals surface area contributed by atoms with Gasteiger partial charge in [0.25, 0.3) is 5.91 Å². The Hall–Kier alpha value is -1.33. The predicted octanol–water partition coefficient (Wildman–Crippen LogP) is 4.78. The van der Waals surface area contributed by atoms with Gasteiger partial charge in [-0.15, -0.1) is 0 Å². The minimum Gasteiger partial charge on any atom is -0.497 e. The molecule has 0 aliphatic carbocycles. The number of halogens is 2. The van der Waals surface area contributed by atoms with Crippen LogP contribution in [0.25, 0.3) is 0 Å². The van der Waals surface area contributed by atoms with Crippen LogP contribution >= 0.6 is 31.9 Å². The summed E-state index contributed by atoms with van der Waals surface area (Å²) in [6, 6.07) is 11.0. The fraction of sp³-hybridized carbons (Fsp3) is 0.133. The molecule has 0 saturated heterocycles. The van der Waals surface area contributed by atoms with Crippen molar-refractivity contribution in [3.8, 4) is 5.75 Å². The lowest BCUT2D eigenvalue weighted by molar-refractivity contribution is 0.102. The summed E-state index contributed by atoms with van der Waals surface area (Å²) in [6.45, 7) is 1.98. The maximum absolute atomic E-state index is 12.3. The van der Waals surface area contributed by atoms with Crippen LogP contribution in [0.1, 0.15) is 15.9 Å². The van der Waals surface area contributed by atoms with Gasteiger partial charge in [-0.05, 0) is 68.6 Å². The fourth-order valence-electron chi connectivity index (χ4n) is 1.72. The van der Waals surface area contributed by atoms with Crippen LogP contribution in [0.4, 0.5) is 5.69 Å². The average Bonchev–Trinajstić information content (AvgIpc) is 2.41. The predicted molar refractivity (Wildman–Crippen MR) is 87.5 cm³/mol. The molecule has 2 aromatic rings. The Morgan fingerprint density at radius 1 is 1.10 bits per heavy atom. The van der Waals surface area contributed by atoms with E-state index in [4.69, 9.17) is 4.74 Å². The lowest BCUT2D eigenvalue weighted by Crippen LogP contribution is -2.13. The van der Waals surface area contributed by atoms with Gasteiger partial charge in [0.05, 0.1) is 18.4 Å². The Labute approximate surface area is 134 Å². The van der Waals surface area contributed by atoms with Crippen LogP contribution in [-0.4, -0.2) is 13.0 Å². The summed E-state index contributed by atoms with van der Waals surface area (Å²) in [5.41, 5.74) is 2.35. The molecule has 0 fully saturated rings. The van der Waals surface area contributed by atoms with E-state index in [1.807, 2.05) is 31.2 Å². The van der Waals surface area contributed by atoms with Crippen LogP contribution in [0, 0.1) is 6.92 Å². The molecule has 0 saturated carbocycles. The van der Waals surface area contributed by atoms with Crippen LogP contribution in [-0.2, 0) is 0 Å². The number of amides is 1. The van der Waals surface area contributed by atoms with Gasteiger partial charge in [0.1, 0.15) is 5.75 Å². The zero-order chi connectivity index (χ0) is 14.7. The maximum atomic E-state index is 12.3. The van der Waals surface area contributed by atoms with Crippen molar-refractivity contribution in [1.29, 1.82) is 0 Å². The van der Waals surface area contributed by atoms with Crippen LogP contribution in [0.5, 0.6) is 5.75 Å². The first-order valence-corrected chi connectivity index (χ1v) is 7.51. The van der Waals surface area contributed by atoms with E-state index in [0.29, 0.717) is 17.0 Å². The third kappa shape index (κ3) is 3.41. The highest BCUT2D eigenvalue weighted by Gasteiger charge is 2.12. The number of anilines is 1. The summed E-state index contributed by atoms with van der Waals surface area (Å²) in [5.74, 6) is 0.511. The van der Waals surface area contributed by atoms with Crippen molar-refractivity contribution < 1.29 is 9.53 Å². The first-order valence-electron chi connectivity index (χ1n) is 5.92. The molecule has 0 heterocycles. The lowest BCUT2D eigenvalue weighted by Gasteiger charge is -2.10. The molecule has 2 rings (SSSR count). The third-order valence-electron chi connectivity index (χ3n) is 2.79. The number of carbonyl (C=O) groups is 1. The van der Waals surface area contributed by atoms with E-state index in [-0.39, 0.29) is 5.91 Å². The van der Waals surface area contributed by atoms with Crippen molar-refractivity contribution in [3.05, 3.63) is 56.5 Å². The molecule has 3 nitrogen and oxygen atoms in total. The summed E-state index contributed by atoms with van der Waals surface area (Å²) in [4.78, 5) is 12.3. The van der Waals surface area contributed by atoms with Crippen molar-refractivity contribution in [1.82, 2.24) is 0 Å². The van der Waals surface area contributed by atoms with Crippen molar-refractivity contribution in [2.24, 2.45) is 0 Å². The number of methoxy groups -OCH3 is 1. The molecule has 104 valence electrons. The second-order valence-electron chi connectivity index (χ2n) is 4.28. The number of rotatable bonds is 3. The SMILES string of the molecule is COc1ccc(Br)c(NC(=O)c2ccc(C)cc2Br)c1. The number of aryl methyl sites for hydroxylation is 1. The van der Waals surface area contributed by atoms with Gasteiger partial charge in [0.15, 0.2) is 0 Å². The van der Waals surface area contributed by atoms with Gasteiger partial charge in [-0.2, -0.15) is 0 Å². The van der Waals surface area contributed by atoms with Gasteiger partial charge in [0.2, 0.25) is 0 Å². The van der Waals surface area contributed by atoms with E-state index in [0.717, 1.165) is 14.5 Å². The summed E-state index contributed by atoms with van der Waals surface area (Å²) < 4.78 is 6.73. The third-order valence-corrected chi connectivity index (χ3v) is 4.14. The van der Waals surface area contributed by atoms with Crippen LogP contribution in [0.3, 0.4) is 0 Å². The Balaban J connectivity index is 2.27. The van der Waals surface area contributed by atoms with Gasteiger partial charge in [-0.1, -0.05) is 6.07 Å². The Morgan fingerprint density at radius 2 is 1.85 bits per heavy atom. The van der Waals surface area contributed by atoms with Gasteiger partial charge < -0.3 is 10.1 Å². The van der Waals surface area contributed by atoms with Crippen LogP contribution in [0.2, 0.25) is 0 Å². The molecule has 0 aromatic heterocycles. The zero-order valence-electron chi connectivity index (χ0n) is 11.0. The van der Waals surface area contributed by atoms with Gasteiger partial charge in [-0.25, -0.2) is 0 Å². The number of benzene rings is 2. The molecule has 0 radical (unpaired) electrons. The van der Waals surface area contributed by atoms with Crippen molar-refractivity contribution in [3.63, 3.8) is 0 Å². The normalized spacial score (nSPS) is 10.2. The van der Waals surface area contributed by atoms with E-state index in [2.05, 4.69) is 37.2 Å². The summed E-state index contributed by atoms with van der Waals surface area (Å²) >= 11 is 6.82. The zero-order valence-corrected chi connectivity index (χ0v) is 14.2. The highest BCUT2D eigenvalue weighted by molar-refractivity contribution is 9.11. The largest absolute Gasteiger partial charge is 0.497 e. The molecule has 2 aromatic carbocycles. The summed E-state index contributed by atoms with van der Waals surface area (Å²) in [7, 11) is 1.59. The highest BCUT2D eigenvalue weighted by atomic mass is 79.9. The summed E-state index contributed by atoms with van der Waals surface area (Å²) in [6.07, 6.45) is 0.